The number of carbonyl (C=O) groups excluding carboxylic acids is 1. The Hall–Kier alpha value is -2.80. The Labute approximate surface area is 162 Å². The van der Waals surface area contributed by atoms with E-state index in [1.165, 1.54) is 11.8 Å². The highest BCUT2D eigenvalue weighted by molar-refractivity contribution is 8.00. The van der Waals surface area contributed by atoms with Crippen LogP contribution in [0, 0.1) is 6.92 Å². The molecule has 0 spiro atoms. The zero-order valence-electron chi connectivity index (χ0n) is 15.4. The van der Waals surface area contributed by atoms with E-state index in [1.807, 2.05) is 62.4 Å². The highest BCUT2D eigenvalue weighted by atomic mass is 32.2. The van der Waals surface area contributed by atoms with E-state index in [4.69, 9.17) is 9.15 Å². The van der Waals surface area contributed by atoms with E-state index in [0.717, 1.165) is 16.9 Å². The lowest BCUT2D eigenvalue weighted by molar-refractivity contribution is -0.115. The van der Waals surface area contributed by atoms with Crippen molar-refractivity contribution in [3.8, 4) is 17.2 Å². The van der Waals surface area contributed by atoms with Gasteiger partial charge in [-0.3, -0.25) is 4.79 Å². The second-order valence-electron chi connectivity index (χ2n) is 5.95. The second-order valence-corrected chi connectivity index (χ2v) is 7.24. The fourth-order valence-electron chi connectivity index (χ4n) is 2.40. The minimum absolute atomic E-state index is 0.139. The van der Waals surface area contributed by atoms with Gasteiger partial charge in [-0.2, -0.15) is 0 Å². The lowest BCUT2D eigenvalue weighted by atomic mass is 10.1. The fourth-order valence-corrected chi connectivity index (χ4v) is 3.09. The molecule has 3 rings (SSSR count). The lowest BCUT2D eigenvalue weighted by Gasteiger charge is -2.10. The normalized spacial score (nSPS) is 11.8. The van der Waals surface area contributed by atoms with Gasteiger partial charge in [0.25, 0.3) is 5.22 Å². The SMILES string of the molecule is CCOc1ccc(NC(=O)[C@H](C)Sc2nnc(-c3cccc(C)c3)o2)cc1. The first-order valence-electron chi connectivity index (χ1n) is 8.66. The van der Waals surface area contributed by atoms with Crippen molar-refractivity contribution in [3.05, 3.63) is 54.1 Å². The Morgan fingerprint density at radius 2 is 2.00 bits per heavy atom. The number of rotatable bonds is 7. The number of hydrogen-bond donors (Lipinski definition) is 1. The first-order chi connectivity index (χ1) is 13.0. The van der Waals surface area contributed by atoms with E-state index in [2.05, 4.69) is 15.5 Å². The predicted octanol–water partition coefficient (Wildman–Crippen LogP) is 4.56. The molecule has 0 saturated heterocycles. The van der Waals surface area contributed by atoms with Crippen molar-refractivity contribution in [2.75, 3.05) is 11.9 Å². The number of aromatic nitrogens is 2. The number of thioether (sulfide) groups is 1. The molecule has 1 amide bonds. The van der Waals surface area contributed by atoms with Gasteiger partial charge in [0.15, 0.2) is 0 Å². The van der Waals surface area contributed by atoms with Crippen LogP contribution >= 0.6 is 11.8 Å². The summed E-state index contributed by atoms with van der Waals surface area (Å²) in [5.41, 5.74) is 2.69. The number of nitrogens with zero attached hydrogens (tertiary/aromatic N) is 2. The van der Waals surface area contributed by atoms with Crippen LogP contribution in [0.3, 0.4) is 0 Å². The molecule has 1 heterocycles. The summed E-state index contributed by atoms with van der Waals surface area (Å²) < 4.78 is 11.1. The molecule has 1 atom stereocenters. The molecule has 0 aliphatic carbocycles. The summed E-state index contributed by atoms with van der Waals surface area (Å²) in [5, 5.41) is 10.9. The molecular weight excluding hydrogens is 362 g/mol. The Morgan fingerprint density at radius 1 is 1.22 bits per heavy atom. The molecule has 0 unspecified atom stereocenters. The van der Waals surface area contributed by atoms with E-state index >= 15 is 0 Å². The van der Waals surface area contributed by atoms with Crippen LogP contribution in [0.2, 0.25) is 0 Å². The van der Waals surface area contributed by atoms with Gasteiger partial charge in [0.05, 0.1) is 11.9 Å². The molecule has 0 saturated carbocycles. The zero-order valence-corrected chi connectivity index (χ0v) is 16.2. The molecule has 0 bridgehead atoms. The first kappa shape index (κ1) is 19.0. The number of nitrogens with one attached hydrogen (secondary N) is 1. The highest BCUT2D eigenvalue weighted by Crippen LogP contribution is 2.27. The zero-order chi connectivity index (χ0) is 19.2. The van der Waals surface area contributed by atoms with Crippen LogP contribution in [-0.2, 0) is 4.79 Å². The summed E-state index contributed by atoms with van der Waals surface area (Å²) in [6, 6.07) is 15.1. The van der Waals surface area contributed by atoms with Gasteiger partial charge in [-0.1, -0.05) is 29.5 Å². The molecule has 27 heavy (non-hydrogen) atoms. The van der Waals surface area contributed by atoms with Gasteiger partial charge < -0.3 is 14.5 Å². The molecule has 7 heteroatoms. The molecule has 0 aliphatic heterocycles. The van der Waals surface area contributed by atoms with Crippen LogP contribution in [0.1, 0.15) is 19.4 Å². The number of carbonyl (C=O) groups is 1. The van der Waals surface area contributed by atoms with Crippen LogP contribution in [-0.4, -0.2) is 28.0 Å². The number of anilines is 1. The maximum atomic E-state index is 12.4. The van der Waals surface area contributed by atoms with E-state index in [-0.39, 0.29) is 11.2 Å². The first-order valence-corrected chi connectivity index (χ1v) is 9.54. The van der Waals surface area contributed by atoms with Gasteiger partial charge >= 0.3 is 0 Å². The molecule has 0 fully saturated rings. The Bertz CT molecular complexity index is 909. The third-order valence-corrected chi connectivity index (χ3v) is 4.69. The summed E-state index contributed by atoms with van der Waals surface area (Å²) in [7, 11) is 0. The van der Waals surface area contributed by atoms with Crippen LogP contribution < -0.4 is 10.1 Å². The molecule has 1 aromatic heterocycles. The minimum atomic E-state index is -0.387. The number of hydrogen-bond acceptors (Lipinski definition) is 6. The molecule has 140 valence electrons. The molecule has 3 aromatic rings. The monoisotopic (exact) mass is 383 g/mol. The Balaban J connectivity index is 1.59. The standard InChI is InChI=1S/C20H21N3O3S/c1-4-25-17-10-8-16(9-11-17)21-18(24)14(3)27-20-23-22-19(26-20)15-7-5-6-13(2)12-15/h5-12,14H,4H2,1-3H3,(H,21,24)/t14-/m0/s1. The number of benzene rings is 2. The van der Waals surface area contributed by atoms with E-state index in [9.17, 15) is 4.79 Å². The van der Waals surface area contributed by atoms with Crippen molar-refractivity contribution in [1.82, 2.24) is 10.2 Å². The Morgan fingerprint density at radius 3 is 2.70 bits per heavy atom. The van der Waals surface area contributed by atoms with Gasteiger partial charge in [-0.05, 0) is 57.2 Å². The summed E-state index contributed by atoms with van der Waals surface area (Å²) >= 11 is 1.22. The highest BCUT2D eigenvalue weighted by Gasteiger charge is 2.19. The van der Waals surface area contributed by atoms with Crippen LogP contribution in [0.25, 0.3) is 11.5 Å². The molecular formula is C20H21N3O3S. The largest absolute Gasteiger partial charge is 0.494 e. The Kier molecular flexibility index (Phi) is 6.13. The summed E-state index contributed by atoms with van der Waals surface area (Å²) in [6.07, 6.45) is 0. The van der Waals surface area contributed by atoms with Gasteiger partial charge in [0.1, 0.15) is 5.75 Å². The van der Waals surface area contributed by atoms with E-state index in [1.54, 1.807) is 6.92 Å². The van der Waals surface area contributed by atoms with Gasteiger partial charge in [0.2, 0.25) is 11.8 Å². The smallest absolute Gasteiger partial charge is 0.277 e. The fraction of sp³-hybridized carbons (Fsp3) is 0.250. The third kappa shape index (κ3) is 5.10. The van der Waals surface area contributed by atoms with E-state index in [0.29, 0.717) is 23.4 Å². The summed E-state index contributed by atoms with van der Waals surface area (Å²) in [4.78, 5) is 12.4. The third-order valence-electron chi connectivity index (χ3n) is 3.75. The van der Waals surface area contributed by atoms with Crippen LogP contribution in [0.15, 0.2) is 58.2 Å². The summed E-state index contributed by atoms with van der Waals surface area (Å²) in [5.74, 6) is 1.08. The van der Waals surface area contributed by atoms with Gasteiger partial charge in [-0.25, -0.2) is 0 Å². The summed E-state index contributed by atoms with van der Waals surface area (Å²) in [6.45, 7) is 6.33. The average Bonchev–Trinajstić information content (AvgIpc) is 3.12. The van der Waals surface area contributed by atoms with E-state index < -0.39 is 0 Å². The maximum Gasteiger partial charge on any atom is 0.277 e. The van der Waals surface area contributed by atoms with Crippen molar-refractivity contribution in [2.24, 2.45) is 0 Å². The molecule has 1 N–H and O–H groups in total. The van der Waals surface area contributed by atoms with Gasteiger partial charge in [0, 0.05) is 11.3 Å². The number of ether oxygens (including phenoxy) is 1. The second kappa shape index (κ2) is 8.73. The van der Waals surface area contributed by atoms with Crippen molar-refractivity contribution >= 4 is 23.4 Å². The van der Waals surface area contributed by atoms with Gasteiger partial charge in [-0.15, -0.1) is 10.2 Å². The molecule has 6 nitrogen and oxygen atoms in total. The topological polar surface area (TPSA) is 77.2 Å². The quantitative estimate of drug-likeness (QED) is 0.603. The maximum absolute atomic E-state index is 12.4. The predicted molar refractivity (Wildman–Crippen MR) is 106 cm³/mol. The van der Waals surface area contributed by atoms with Crippen molar-refractivity contribution in [2.45, 2.75) is 31.2 Å². The lowest BCUT2D eigenvalue weighted by Crippen LogP contribution is -2.22. The van der Waals surface area contributed by atoms with Crippen molar-refractivity contribution in [3.63, 3.8) is 0 Å². The minimum Gasteiger partial charge on any atom is -0.494 e. The molecule has 0 aliphatic rings. The van der Waals surface area contributed by atoms with Crippen molar-refractivity contribution < 1.29 is 13.9 Å². The van der Waals surface area contributed by atoms with Crippen LogP contribution in [0.5, 0.6) is 5.75 Å². The molecule has 2 aromatic carbocycles. The molecule has 0 radical (unpaired) electrons. The number of aryl methyl sites for hydroxylation is 1. The average molecular weight is 383 g/mol. The number of amides is 1. The van der Waals surface area contributed by atoms with Crippen molar-refractivity contribution in [1.29, 1.82) is 0 Å². The van der Waals surface area contributed by atoms with Crippen LogP contribution in [0.4, 0.5) is 5.69 Å².